The molecule has 1 atom stereocenters. The molecule has 1 N–H and O–H groups in total. The van der Waals surface area contributed by atoms with Crippen molar-refractivity contribution in [3.63, 3.8) is 0 Å². The quantitative estimate of drug-likeness (QED) is 0.810. The number of amides is 4. The average molecular weight is 373 g/mol. The van der Waals surface area contributed by atoms with E-state index in [-0.39, 0.29) is 18.4 Å². The molecule has 1 aromatic rings. The van der Waals surface area contributed by atoms with Crippen molar-refractivity contribution in [3.05, 3.63) is 24.3 Å². The summed E-state index contributed by atoms with van der Waals surface area (Å²) in [5.74, 6) is -0.440. The van der Waals surface area contributed by atoms with Crippen molar-refractivity contribution < 1.29 is 14.4 Å². The van der Waals surface area contributed by atoms with Crippen LogP contribution in [-0.2, 0) is 9.59 Å². The van der Waals surface area contributed by atoms with E-state index in [1.807, 2.05) is 24.3 Å². The van der Waals surface area contributed by atoms with Crippen LogP contribution >= 0.6 is 11.8 Å². The summed E-state index contributed by atoms with van der Waals surface area (Å²) in [6, 6.07) is 7.40. The number of fused-ring (bicyclic) bond motifs is 1. The van der Waals surface area contributed by atoms with Crippen LogP contribution in [0.15, 0.2) is 29.2 Å². The van der Waals surface area contributed by atoms with E-state index < -0.39 is 11.6 Å². The second kappa shape index (κ2) is 6.61. The van der Waals surface area contributed by atoms with E-state index in [0.29, 0.717) is 24.6 Å². The summed E-state index contributed by atoms with van der Waals surface area (Å²) in [6.45, 7) is 2.55. The molecule has 138 valence electrons. The topological polar surface area (TPSA) is 69.7 Å². The van der Waals surface area contributed by atoms with Crippen LogP contribution < -0.4 is 10.2 Å². The van der Waals surface area contributed by atoms with Crippen LogP contribution in [-0.4, -0.2) is 46.6 Å². The minimum Gasteiger partial charge on any atom is -0.323 e. The molecule has 3 aliphatic rings. The smallest absolute Gasteiger partial charge is 0.323 e. The van der Waals surface area contributed by atoms with Gasteiger partial charge in [-0.1, -0.05) is 31.9 Å². The third-order valence-electron chi connectivity index (χ3n) is 5.54. The summed E-state index contributed by atoms with van der Waals surface area (Å²) in [6.07, 6.45) is 4.08. The molecule has 2 heterocycles. The van der Waals surface area contributed by atoms with E-state index in [4.69, 9.17) is 0 Å². The van der Waals surface area contributed by atoms with Gasteiger partial charge in [-0.3, -0.25) is 14.5 Å². The second-order valence-electron chi connectivity index (χ2n) is 7.34. The first-order chi connectivity index (χ1) is 12.5. The Labute approximate surface area is 157 Å². The highest BCUT2D eigenvalue weighted by Crippen LogP contribution is 2.38. The lowest BCUT2D eigenvalue weighted by Crippen LogP contribution is -2.46. The molecule has 1 aromatic carbocycles. The maximum Gasteiger partial charge on any atom is 0.325 e. The number of carbonyl (C=O) groups is 3. The van der Waals surface area contributed by atoms with E-state index in [2.05, 4.69) is 12.2 Å². The third-order valence-corrected chi connectivity index (χ3v) is 6.78. The summed E-state index contributed by atoms with van der Waals surface area (Å²) in [5, 5.41) is 3.25. The predicted octanol–water partition coefficient (Wildman–Crippen LogP) is 2.77. The number of rotatable bonds is 2. The monoisotopic (exact) mass is 373 g/mol. The fourth-order valence-corrected chi connectivity index (χ4v) is 5.22. The van der Waals surface area contributed by atoms with Crippen molar-refractivity contribution in [2.75, 3.05) is 18.0 Å². The minimum atomic E-state index is -0.765. The zero-order chi connectivity index (χ0) is 18.3. The van der Waals surface area contributed by atoms with Gasteiger partial charge >= 0.3 is 6.03 Å². The molecule has 1 saturated carbocycles. The van der Waals surface area contributed by atoms with Gasteiger partial charge in [0.2, 0.25) is 5.91 Å². The number of nitrogens with one attached hydrogen (secondary N) is 1. The number of hydrogen-bond acceptors (Lipinski definition) is 4. The zero-order valence-electron chi connectivity index (χ0n) is 14.9. The summed E-state index contributed by atoms with van der Waals surface area (Å²) in [4.78, 5) is 42.1. The fourth-order valence-electron chi connectivity index (χ4n) is 4.10. The van der Waals surface area contributed by atoms with Crippen molar-refractivity contribution in [3.8, 4) is 0 Å². The van der Waals surface area contributed by atoms with Crippen molar-refractivity contribution >= 4 is 35.3 Å². The fraction of sp³-hybridized carbons (Fsp3) is 0.526. The van der Waals surface area contributed by atoms with Crippen LogP contribution in [0.3, 0.4) is 0 Å². The van der Waals surface area contributed by atoms with Crippen LogP contribution in [0.2, 0.25) is 0 Å². The molecule has 0 aromatic heterocycles. The molecule has 2 fully saturated rings. The Morgan fingerprint density at radius 3 is 2.77 bits per heavy atom. The number of carbonyl (C=O) groups excluding carboxylic acids is 3. The van der Waals surface area contributed by atoms with Gasteiger partial charge in [0, 0.05) is 16.7 Å². The molecule has 1 aliphatic carbocycles. The van der Waals surface area contributed by atoms with Gasteiger partial charge in [-0.15, -0.1) is 11.8 Å². The van der Waals surface area contributed by atoms with Gasteiger partial charge in [0.25, 0.3) is 5.91 Å². The van der Waals surface area contributed by atoms with E-state index in [9.17, 15) is 14.4 Å². The number of benzene rings is 1. The lowest BCUT2D eigenvalue weighted by atomic mass is 9.98. The number of para-hydroxylation sites is 1. The van der Waals surface area contributed by atoms with E-state index >= 15 is 0 Å². The molecule has 1 saturated heterocycles. The number of imide groups is 1. The standard InChI is InChI=1S/C19H23N3O3S/c1-13-8-11-21(14-6-2-3-7-15(14)26-13)16(23)12-22-17(24)19(20-18(22)25)9-4-5-10-19/h2-3,6-7,13H,4-5,8-12H2,1H3,(H,20,25). The number of hydrogen-bond donors (Lipinski definition) is 1. The SMILES string of the molecule is CC1CCN(C(=O)CN2C(=O)NC3(CCCC3)C2=O)c2ccccc2S1. The Balaban J connectivity index is 1.55. The lowest BCUT2D eigenvalue weighted by Gasteiger charge is -2.25. The first-order valence-electron chi connectivity index (χ1n) is 9.20. The molecule has 7 heteroatoms. The first kappa shape index (κ1) is 17.4. The Kier molecular flexibility index (Phi) is 4.42. The second-order valence-corrected chi connectivity index (χ2v) is 8.82. The van der Waals surface area contributed by atoms with Crippen LogP contribution in [0.1, 0.15) is 39.0 Å². The van der Waals surface area contributed by atoms with Gasteiger partial charge < -0.3 is 10.2 Å². The molecule has 6 nitrogen and oxygen atoms in total. The average Bonchev–Trinajstić information content (AvgIpc) is 3.11. The highest BCUT2D eigenvalue weighted by molar-refractivity contribution is 8.00. The van der Waals surface area contributed by atoms with Gasteiger partial charge in [-0.05, 0) is 31.4 Å². The van der Waals surface area contributed by atoms with Crippen molar-refractivity contribution in [2.24, 2.45) is 0 Å². The van der Waals surface area contributed by atoms with Gasteiger partial charge in [-0.25, -0.2) is 4.79 Å². The van der Waals surface area contributed by atoms with Crippen LogP contribution in [0.25, 0.3) is 0 Å². The van der Waals surface area contributed by atoms with E-state index in [1.54, 1.807) is 16.7 Å². The first-order valence-corrected chi connectivity index (χ1v) is 10.1. The van der Waals surface area contributed by atoms with Crippen molar-refractivity contribution in [1.82, 2.24) is 10.2 Å². The molecular formula is C19H23N3O3S. The molecule has 0 bridgehead atoms. The largest absolute Gasteiger partial charge is 0.325 e. The third kappa shape index (κ3) is 2.88. The molecule has 0 radical (unpaired) electrons. The normalized spacial score (nSPS) is 24.6. The number of urea groups is 1. The van der Waals surface area contributed by atoms with Gasteiger partial charge in [0.1, 0.15) is 12.1 Å². The maximum atomic E-state index is 13.0. The molecular weight excluding hydrogens is 350 g/mol. The van der Waals surface area contributed by atoms with Gasteiger partial charge in [0.15, 0.2) is 0 Å². The maximum absolute atomic E-state index is 13.0. The van der Waals surface area contributed by atoms with Crippen molar-refractivity contribution in [1.29, 1.82) is 0 Å². The summed E-state index contributed by atoms with van der Waals surface area (Å²) in [7, 11) is 0. The van der Waals surface area contributed by atoms with Crippen molar-refractivity contribution in [2.45, 2.75) is 54.7 Å². The van der Waals surface area contributed by atoms with Crippen LogP contribution in [0.5, 0.6) is 0 Å². The summed E-state index contributed by atoms with van der Waals surface area (Å²) < 4.78 is 0. The van der Waals surface area contributed by atoms with Crippen LogP contribution in [0, 0.1) is 0 Å². The van der Waals surface area contributed by atoms with Crippen LogP contribution in [0.4, 0.5) is 10.5 Å². The molecule has 1 unspecified atom stereocenters. The Hall–Kier alpha value is -2.02. The summed E-state index contributed by atoms with van der Waals surface area (Å²) in [5.41, 5.74) is 0.104. The highest BCUT2D eigenvalue weighted by atomic mass is 32.2. The zero-order valence-corrected chi connectivity index (χ0v) is 15.7. The number of thioether (sulfide) groups is 1. The predicted molar refractivity (Wildman–Crippen MR) is 100 cm³/mol. The summed E-state index contributed by atoms with van der Waals surface area (Å²) >= 11 is 1.76. The Bertz CT molecular complexity index is 760. The molecule has 1 spiro atoms. The number of anilines is 1. The van der Waals surface area contributed by atoms with E-state index in [1.165, 1.54) is 0 Å². The van der Waals surface area contributed by atoms with Gasteiger partial charge in [-0.2, -0.15) is 0 Å². The lowest BCUT2D eigenvalue weighted by molar-refractivity contribution is -0.134. The Morgan fingerprint density at radius 1 is 1.27 bits per heavy atom. The molecule has 26 heavy (non-hydrogen) atoms. The number of nitrogens with zero attached hydrogens (tertiary/aromatic N) is 2. The molecule has 2 aliphatic heterocycles. The Morgan fingerprint density at radius 2 is 2.00 bits per heavy atom. The highest BCUT2D eigenvalue weighted by Gasteiger charge is 2.52. The minimum absolute atomic E-state index is 0.195. The molecule has 4 rings (SSSR count). The van der Waals surface area contributed by atoms with Gasteiger partial charge in [0.05, 0.1) is 5.69 Å². The molecule has 4 amide bonds. The van der Waals surface area contributed by atoms with E-state index in [0.717, 1.165) is 34.7 Å².